The molecule has 1 saturated heterocycles. The van der Waals surface area contributed by atoms with Gasteiger partial charge in [0.1, 0.15) is 11.9 Å². The predicted octanol–water partition coefficient (Wildman–Crippen LogP) is 0.265. The third-order valence-electron chi connectivity index (χ3n) is 3.62. The fourth-order valence-corrected chi connectivity index (χ4v) is 2.62. The minimum absolute atomic E-state index is 0.210. The second kappa shape index (κ2) is 4.69. The smallest absolute Gasteiger partial charge is 0.262 e. The van der Waals surface area contributed by atoms with Crippen LogP contribution in [-0.4, -0.2) is 21.4 Å². The van der Waals surface area contributed by atoms with Crippen molar-refractivity contribution in [2.45, 2.75) is 25.8 Å². The summed E-state index contributed by atoms with van der Waals surface area (Å²) >= 11 is 0. The molecule has 7 nitrogen and oxygen atoms in total. The van der Waals surface area contributed by atoms with E-state index >= 15 is 0 Å². The monoisotopic (exact) mass is 286 g/mol. The molecule has 2 aromatic rings. The molecule has 0 aliphatic carbocycles. The van der Waals surface area contributed by atoms with Crippen molar-refractivity contribution in [2.24, 2.45) is 0 Å². The van der Waals surface area contributed by atoms with E-state index in [1.807, 2.05) is 0 Å². The van der Waals surface area contributed by atoms with E-state index < -0.39 is 11.9 Å². The number of piperidine rings is 1. The summed E-state index contributed by atoms with van der Waals surface area (Å²) in [6, 6.07) is 4.14. The second-order valence-corrected chi connectivity index (χ2v) is 5.08. The number of amides is 2. The van der Waals surface area contributed by atoms with Gasteiger partial charge in [-0.1, -0.05) is 0 Å². The molecule has 1 aliphatic rings. The van der Waals surface area contributed by atoms with E-state index in [0.717, 1.165) is 0 Å². The maximum atomic E-state index is 12.6. The summed E-state index contributed by atoms with van der Waals surface area (Å²) in [7, 11) is 0. The minimum Gasteiger partial charge on any atom is -0.399 e. The molecule has 0 radical (unpaired) electrons. The quantitative estimate of drug-likeness (QED) is 0.578. The molecule has 0 bridgehead atoms. The molecule has 108 valence electrons. The Kier molecular flexibility index (Phi) is 2.97. The van der Waals surface area contributed by atoms with Crippen LogP contribution < -0.4 is 16.6 Å². The molecule has 2 heterocycles. The summed E-state index contributed by atoms with van der Waals surface area (Å²) in [5.74, 6) is -0.357. The van der Waals surface area contributed by atoms with Crippen LogP contribution in [0, 0.1) is 6.92 Å². The van der Waals surface area contributed by atoms with Gasteiger partial charge in [0.15, 0.2) is 0 Å². The van der Waals surface area contributed by atoms with Gasteiger partial charge in [-0.15, -0.1) is 0 Å². The Morgan fingerprint density at radius 1 is 1.33 bits per heavy atom. The summed E-state index contributed by atoms with van der Waals surface area (Å²) in [6.45, 7) is 1.66. The van der Waals surface area contributed by atoms with Crippen molar-refractivity contribution in [1.82, 2.24) is 14.9 Å². The fraction of sp³-hybridized carbons (Fsp3) is 0.286. The van der Waals surface area contributed by atoms with E-state index in [4.69, 9.17) is 5.73 Å². The van der Waals surface area contributed by atoms with Crippen LogP contribution in [0.3, 0.4) is 0 Å². The van der Waals surface area contributed by atoms with Gasteiger partial charge in [0, 0.05) is 12.1 Å². The molecular formula is C14H14N4O3. The molecule has 1 aromatic carbocycles. The highest BCUT2D eigenvalue weighted by Crippen LogP contribution is 2.20. The average Bonchev–Trinajstić information content (AvgIpc) is 2.40. The Morgan fingerprint density at radius 3 is 2.81 bits per heavy atom. The molecule has 1 aromatic heterocycles. The molecule has 0 spiro atoms. The third kappa shape index (κ3) is 2.16. The lowest BCUT2D eigenvalue weighted by atomic mass is 10.1. The molecule has 21 heavy (non-hydrogen) atoms. The fourth-order valence-electron chi connectivity index (χ4n) is 2.62. The Morgan fingerprint density at radius 2 is 2.10 bits per heavy atom. The van der Waals surface area contributed by atoms with E-state index in [1.165, 1.54) is 4.57 Å². The van der Waals surface area contributed by atoms with Crippen molar-refractivity contribution in [2.75, 3.05) is 5.73 Å². The topological polar surface area (TPSA) is 107 Å². The number of nitrogens with two attached hydrogens (primary N) is 1. The van der Waals surface area contributed by atoms with Gasteiger partial charge in [-0.05, 0) is 31.5 Å². The maximum absolute atomic E-state index is 12.6. The van der Waals surface area contributed by atoms with Crippen molar-refractivity contribution in [3.63, 3.8) is 0 Å². The van der Waals surface area contributed by atoms with Crippen LogP contribution >= 0.6 is 0 Å². The number of anilines is 1. The Balaban J connectivity index is 2.19. The summed E-state index contributed by atoms with van der Waals surface area (Å²) in [4.78, 5) is 40.1. The van der Waals surface area contributed by atoms with Crippen LogP contribution in [0.1, 0.15) is 24.7 Å². The van der Waals surface area contributed by atoms with E-state index in [9.17, 15) is 14.4 Å². The van der Waals surface area contributed by atoms with Gasteiger partial charge >= 0.3 is 0 Å². The molecule has 7 heteroatoms. The van der Waals surface area contributed by atoms with E-state index in [2.05, 4.69) is 10.3 Å². The van der Waals surface area contributed by atoms with Crippen LogP contribution in [0.4, 0.5) is 5.69 Å². The summed E-state index contributed by atoms with van der Waals surface area (Å²) in [5.41, 5.74) is 6.41. The molecular weight excluding hydrogens is 272 g/mol. The first-order valence-electron chi connectivity index (χ1n) is 6.59. The zero-order valence-corrected chi connectivity index (χ0v) is 11.4. The zero-order valence-electron chi connectivity index (χ0n) is 11.4. The normalized spacial score (nSPS) is 18.8. The van der Waals surface area contributed by atoms with Crippen molar-refractivity contribution < 1.29 is 9.59 Å². The van der Waals surface area contributed by atoms with Gasteiger partial charge in [0.2, 0.25) is 11.8 Å². The van der Waals surface area contributed by atoms with E-state index in [-0.39, 0.29) is 17.9 Å². The lowest BCUT2D eigenvalue weighted by Gasteiger charge is -2.24. The average molecular weight is 286 g/mol. The number of benzene rings is 1. The minimum atomic E-state index is -0.704. The highest BCUT2D eigenvalue weighted by atomic mass is 16.2. The van der Waals surface area contributed by atoms with Crippen molar-refractivity contribution in [3.05, 3.63) is 34.4 Å². The van der Waals surface area contributed by atoms with Crippen molar-refractivity contribution >= 4 is 28.4 Å². The van der Waals surface area contributed by atoms with Crippen LogP contribution in [0.2, 0.25) is 0 Å². The number of nitrogen functional groups attached to an aromatic ring is 1. The van der Waals surface area contributed by atoms with Gasteiger partial charge in [-0.3, -0.25) is 24.3 Å². The van der Waals surface area contributed by atoms with Gasteiger partial charge < -0.3 is 5.73 Å². The lowest BCUT2D eigenvalue weighted by molar-refractivity contribution is -0.135. The van der Waals surface area contributed by atoms with Crippen LogP contribution in [0.25, 0.3) is 10.9 Å². The highest BCUT2D eigenvalue weighted by Gasteiger charge is 2.30. The first kappa shape index (κ1) is 13.3. The predicted molar refractivity (Wildman–Crippen MR) is 76.6 cm³/mol. The van der Waals surface area contributed by atoms with Gasteiger partial charge in [0.05, 0.1) is 10.9 Å². The number of hydrogen-bond acceptors (Lipinski definition) is 5. The van der Waals surface area contributed by atoms with E-state index in [1.54, 1.807) is 25.1 Å². The van der Waals surface area contributed by atoms with Gasteiger partial charge in [0.25, 0.3) is 5.56 Å². The highest BCUT2D eigenvalue weighted by molar-refractivity contribution is 5.99. The van der Waals surface area contributed by atoms with Gasteiger partial charge in [-0.2, -0.15) is 0 Å². The second-order valence-electron chi connectivity index (χ2n) is 5.08. The number of nitrogens with one attached hydrogen (secondary N) is 1. The zero-order chi connectivity index (χ0) is 15.1. The summed E-state index contributed by atoms with van der Waals surface area (Å²) in [6.07, 6.45) is 0.510. The molecule has 3 rings (SSSR count). The number of nitrogens with zero attached hydrogens (tertiary/aromatic N) is 2. The van der Waals surface area contributed by atoms with Crippen molar-refractivity contribution in [1.29, 1.82) is 0 Å². The molecule has 0 saturated carbocycles. The Hall–Kier alpha value is -2.70. The maximum Gasteiger partial charge on any atom is 0.262 e. The number of aryl methyl sites for hydroxylation is 1. The summed E-state index contributed by atoms with van der Waals surface area (Å²) < 4.78 is 1.35. The number of carbonyl (C=O) groups is 2. The Bertz CT molecular complexity index is 825. The van der Waals surface area contributed by atoms with Crippen LogP contribution in [-0.2, 0) is 9.59 Å². The first-order chi connectivity index (χ1) is 9.97. The number of imide groups is 1. The standard InChI is InChI=1S/C14H14N4O3/c1-7-16-10-6-8(15)2-3-9(10)14(21)18(7)11-4-5-12(19)17-13(11)20/h2-3,6,11H,4-5,15H2,1H3,(H,17,19,20). The van der Waals surface area contributed by atoms with Crippen LogP contribution in [0.15, 0.2) is 23.0 Å². The summed E-state index contributed by atoms with van der Waals surface area (Å²) in [5, 5.41) is 2.66. The molecule has 1 unspecified atom stereocenters. The van der Waals surface area contributed by atoms with Gasteiger partial charge in [-0.25, -0.2) is 4.98 Å². The first-order valence-corrected chi connectivity index (χ1v) is 6.59. The SMILES string of the molecule is Cc1nc2cc(N)ccc2c(=O)n1C1CCC(=O)NC1=O. The molecule has 1 fully saturated rings. The van der Waals surface area contributed by atoms with Crippen LogP contribution in [0.5, 0.6) is 0 Å². The molecule has 3 N–H and O–H groups in total. The molecule has 1 atom stereocenters. The number of aromatic nitrogens is 2. The number of carbonyl (C=O) groups excluding carboxylic acids is 2. The van der Waals surface area contributed by atoms with E-state index in [0.29, 0.717) is 28.8 Å². The number of rotatable bonds is 1. The lowest BCUT2D eigenvalue weighted by Crippen LogP contribution is -2.45. The Labute approximate surface area is 119 Å². The molecule has 2 amide bonds. The molecule has 1 aliphatic heterocycles. The number of hydrogen-bond donors (Lipinski definition) is 2. The van der Waals surface area contributed by atoms with Crippen molar-refractivity contribution in [3.8, 4) is 0 Å². The number of fused-ring (bicyclic) bond motifs is 1. The third-order valence-corrected chi connectivity index (χ3v) is 3.62. The largest absolute Gasteiger partial charge is 0.399 e.